The van der Waals surface area contributed by atoms with Crippen LogP contribution in [0.3, 0.4) is 0 Å². The topological polar surface area (TPSA) is 93.4 Å². The molecule has 1 aliphatic heterocycles. The highest BCUT2D eigenvalue weighted by Crippen LogP contribution is 2.21. The molecule has 3 heterocycles. The van der Waals surface area contributed by atoms with E-state index in [1.54, 1.807) is 30.5 Å². The number of carbonyl (C=O) groups excluding carboxylic acids is 1. The second-order valence-electron chi connectivity index (χ2n) is 6.20. The van der Waals surface area contributed by atoms with Gasteiger partial charge in [0, 0.05) is 37.0 Å². The van der Waals surface area contributed by atoms with Gasteiger partial charge >= 0.3 is 11.8 Å². The number of aromatic nitrogens is 3. The number of anilines is 1. The molecule has 1 fully saturated rings. The average Bonchev–Trinajstić information content (AvgIpc) is 3.24. The van der Waals surface area contributed by atoms with Gasteiger partial charge in [-0.05, 0) is 18.2 Å². The van der Waals surface area contributed by atoms with E-state index in [9.17, 15) is 9.18 Å². The molecule has 8 nitrogen and oxygen atoms in total. The molecule has 1 aromatic carbocycles. The quantitative estimate of drug-likeness (QED) is 0.721. The predicted molar refractivity (Wildman–Crippen MR) is 98.1 cm³/mol. The van der Waals surface area contributed by atoms with E-state index >= 15 is 0 Å². The van der Waals surface area contributed by atoms with Crippen molar-refractivity contribution in [2.45, 2.75) is 6.54 Å². The minimum atomic E-state index is -0.565. The lowest BCUT2D eigenvalue weighted by molar-refractivity contribution is 0.0906. The summed E-state index contributed by atoms with van der Waals surface area (Å²) in [5, 5.41) is 6.45. The van der Waals surface area contributed by atoms with Crippen LogP contribution in [0.15, 0.2) is 47.1 Å². The van der Waals surface area contributed by atoms with Gasteiger partial charge in [0.2, 0.25) is 5.82 Å². The van der Waals surface area contributed by atoms with Gasteiger partial charge in [-0.1, -0.05) is 23.4 Å². The summed E-state index contributed by atoms with van der Waals surface area (Å²) in [6.45, 7) is 2.85. The number of hydrogen-bond donors (Lipinski definition) is 1. The highest BCUT2D eigenvalue weighted by molar-refractivity contribution is 5.89. The predicted octanol–water partition coefficient (Wildman–Crippen LogP) is 2.04. The SMILES string of the molecule is O=C(NCc1ccccc1F)c1nc(-c2ccnc(N3CCOCC3)c2)no1. The van der Waals surface area contributed by atoms with E-state index in [1.807, 2.05) is 6.07 Å². The highest BCUT2D eigenvalue weighted by Gasteiger charge is 2.18. The Balaban J connectivity index is 1.45. The maximum absolute atomic E-state index is 13.6. The number of halogens is 1. The van der Waals surface area contributed by atoms with Crippen molar-refractivity contribution in [2.75, 3.05) is 31.2 Å². The first-order valence-corrected chi connectivity index (χ1v) is 8.85. The molecule has 1 N–H and O–H groups in total. The van der Waals surface area contributed by atoms with Crippen molar-refractivity contribution < 1.29 is 18.4 Å². The van der Waals surface area contributed by atoms with Gasteiger partial charge in [0.1, 0.15) is 11.6 Å². The zero-order valence-electron chi connectivity index (χ0n) is 15.0. The molecule has 9 heteroatoms. The average molecular weight is 383 g/mol. The number of nitrogens with zero attached hydrogens (tertiary/aromatic N) is 4. The Kier molecular flexibility index (Phi) is 5.24. The van der Waals surface area contributed by atoms with Gasteiger partial charge in [0.15, 0.2) is 0 Å². The molecule has 144 valence electrons. The zero-order valence-corrected chi connectivity index (χ0v) is 15.0. The Morgan fingerprint density at radius 3 is 2.86 bits per heavy atom. The van der Waals surface area contributed by atoms with Crippen molar-refractivity contribution >= 4 is 11.7 Å². The van der Waals surface area contributed by atoms with Crippen molar-refractivity contribution in [3.63, 3.8) is 0 Å². The van der Waals surface area contributed by atoms with Crippen molar-refractivity contribution in [2.24, 2.45) is 0 Å². The summed E-state index contributed by atoms with van der Waals surface area (Å²) >= 11 is 0. The standard InChI is InChI=1S/C19H18FN5O3/c20-15-4-2-1-3-14(15)12-22-18(26)19-23-17(24-28-19)13-5-6-21-16(11-13)25-7-9-27-10-8-25/h1-6,11H,7-10,12H2,(H,22,26). The van der Waals surface area contributed by atoms with Crippen molar-refractivity contribution in [1.82, 2.24) is 20.4 Å². The smallest absolute Gasteiger partial charge is 0.316 e. The number of benzene rings is 1. The largest absolute Gasteiger partial charge is 0.378 e. The lowest BCUT2D eigenvalue weighted by atomic mass is 10.2. The minimum Gasteiger partial charge on any atom is -0.378 e. The Bertz CT molecular complexity index is 971. The van der Waals surface area contributed by atoms with Gasteiger partial charge in [0.05, 0.1) is 13.2 Å². The van der Waals surface area contributed by atoms with Crippen molar-refractivity contribution in [3.05, 3.63) is 59.9 Å². The van der Waals surface area contributed by atoms with E-state index in [1.165, 1.54) is 6.07 Å². The number of pyridine rings is 1. The van der Waals surface area contributed by atoms with Gasteiger partial charge in [-0.25, -0.2) is 9.37 Å². The third kappa shape index (κ3) is 3.99. The number of ether oxygens (including phenoxy) is 1. The van der Waals surface area contributed by atoms with Crippen LogP contribution >= 0.6 is 0 Å². The lowest BCUT2D eigenvalue weighted by Gasteiger charge is -2.27. The summed E-state index contributed by atoms with van der Waals surface area (Å²) in [7, 11) is 0. The Morgan fingerprint density at radius 2 is 2.04 bits per heavy atom. The molecule has 28 heavy (non-hydrogen) atoms. The molecule has 1 saturated heterocycles. The van der Waals surface area contributed by atoms with Crippen LogP contribution in [0.4, 0.5) is 10.2 Å². The van der Waals surface area contributed by atoms with Crippen LogP contribution < -0.4 is 10.2 Å². The monoisotopic (exact) mass is 383 g/mol. The minimum absolute atomic E-state index is 0.0274. The molecule has 0 aliphatic carbocycles. The molecule has 2 aromatic heterocycles. The number of carbonyl (C=O) groups is 1. The molecule has 4 rings (SSSR count). The summed E-state index contributed by atoms with van der Waals surface area (Å²) in [6.07, 6.45) is 1.66. The van der Waals surface area contributed by atoms with E-state index < -0.39 is 5.91 Å². The van der Waals surface area contributed by atoms with Crippen LogP contribution in [0.25, 0.3) is 11.4 Å². The molecule has 0 bridgehead atoms. The van der Waals surface area contributed by atoms with E-state index in [4.69, 9.17) is 9.26 Å². The third-order valence-corrected chi connectivity index (χ3v) is 4.36. The Morgan fingerprint density at radius 1 is 1.21 bits per heavy atom. The first kappa shape index (κ1) is 18.1. The van der Waals surface area contributed by atoms with Gasteiger partial charge in [-0.2, -0.15) is 4.98 Å². The number of rotatable bonds is 5. The summed E-state index contributed by atoms with van der Waals surface area (Å²) in [4.78, 5) is 22.8. The molecular weight excluding hydrogens is 365 g/mol. The molecule has 3 aromatic rings. The molecule has 0 unspecified atom stereocenters. The zero-order chi connectivity index (χ0) is 19.3. The maximum Gasteiger partial charge on any atom is 0.316 e. The van der Waals surface area contributed by atoms with Crippen LogP contribution in [0.5, 0.6) is 0 Å². The molecule has 0 saturated carbocycles. The van der Waals surface area contributed by atoms with E-state index in [2.05, 4.69) is 25.3 Å². The molecule has 1 amide bonds. The summed E-state index contributed by atoms with van der Waals surface area (Å²) in [6, 6.07) is 9.81. The second-order valence-corrected chi connectivity index (χ2v) is 6.20. The van der Waals surface area contributed by atoms with Crippen LogP contribution in [0.1, 0.15) is 16.2 Å². The molecule has 0 radical (unpaired) electrons. The maximum atomic E-state index is 13.6. The van der Waals surface area contributed by atoms with Gasteiger partial charge in [-0.3, -0.25) is 4.79 Å². The van der Waals surface area contributed by atoms with E-state index in [0.29, 0.717) is 24.3 Å². The van der Waals surface area contributed by atoms with Crippen LogP contribution in [0, 0.1) is 5.82 Å². The lowest BCUT2D eigenvalue weighted by Crippen LogP contribution is -2.36. The normalized spacial score (nSPS) is 14.1. The van der Waals surface area contributed by atoms with Gasteiger partial charge in [-0.15, -0.1) is 0 Å². The third-order valence-electron chi connectivity index (χ3n) is 4.36. The second kappa shape index (κ2) is 8.13. The molecule has 0 spiro atoms. The summed E-state index contributed by atoms with van der Waals surface area (Å²) < 4.78 is 24.1. The van der Waals surface area contributed by atoms with Gasteiger partial charge < -0.3 is 19.5 Å². The number of hydrogen-bond acceptors (Lipinski definition) is 7. The van der Waals surface area contributed by atoms with Crippen molar-refractivity contribution in [3.8, 4) is 11.4 Å². The van der Waals surface area contributed by atoms with Crippen LogP contribution in [-0.4, -0.2) is 47.3 Å². The number of amides is 1. The summed E-state index contributed by atoms with van der Waals surface area (Å²) in [5.74, 6) is -0.0638. The first-order chi connectivity index (χ1) is 13.7. The summed E-state index contributed by atoms with van der Waals surface area (Å²) in [5.41, 5.74) is 1.06. The Labute approximate surface area is 160 Å². The number of nitrogens with one attached hydrogen (secondary N) is 1. The molecular formula is C19H18FN5O3. The first-order valence-electron chi connectivity index (χ1n) is 8.85. The van der Waals surface area contributed by atoms with Crippen LogP contribution in [-0.2, 0) is 11.3 Å². The molecule has 0 atom stereocenters. The fourth-order valence-corrected chi connectivity index (χ4v) is 2.85. The fourth-order valence-electron chi connectivity index (χ4n) is 2.85. The van der Waals surface area contributed by atoms with Crippen molar-refractivity contribution in [1.29, 1.82) is 0 Å². The highest BCUT2D eigenvalue weighted by atomic mass is 19.1. The molecule has 1 aliphatic rings. The number of morpholine rings is 1. The Hall–Kier alpha value is -3.33. The van der Waals surface area contributed by atoms with E-state index in [-0.39, 0.29) is 24.1 Å². The van der Waals surface area contributed by atoms with Crippen LogP contribution in [0.2, 0.25) is 0 Å². The van der Waals surface area contributed by atoms with Gasteiger partial charge in [0.25, 0.3) is 0 Å². The van der Waals surface area contributed by atoms with E-state index in [0.717, 1.165) is 18.9 Å². The fraction of sp³-hybridized carbons (Fsp3) is 0.263.